The van der Waals surface area contributed by atoms with Gasteiger partial charge in [0, 0.05) is 23.7 Å². The zero-order valence-electron chi connectivity index (χ0n) is 12.1. The van der Waals surface area contributed by atoms with Gasteiger partial charge >= 0.3 is 0 Å². The Hall–Kier alpha value is -0.890. The first-order valence-electron chi connectivity index (χ1n) is 6.64. The molecule has 6 nitrogen and oxygen atoms in total. The number of aromatic nitrogens is 1. The maximum absolute atomic E-state index is 12.0. The van der Waals surface area contributed by atoms with Gasteiger partial charge in [0.15, 0.2) is 0 Å². The van der Waals surface area contributed by atoms with E-state index in [4.69, 9.17) is 20.9 Å². The Morgan fingerprint density at radius 2 is 2.29 bits per heavy atom. The number of nitrogens with zero attached hydrogens (tertiary/aromatic N) is 2. The van der Waals surface area contributed by atoms with Gasteiger partial charge in [0.2, 0.25) is 10.0 Å². The Morgan fingerprint density at radius 3 is 2.86 bits per heavy atom. The van der Waals surface area contributed by atoms with E-state index in [1.165, 1.54) is 4.31 Å². The largest absolute Gasteiger partial charge is 0.372 e. The Kier molecular flexibility index (Phi) is 5.08. The smallest absolute Gasteiger partial charge is 0.219 e. The molecule has 1 atom stereocenters. The molecule has 0 radical (unpaired) electrons. The van der Waals surface area contributed by atoms with Gasteiger partial charge in [-0.2, -0.15) is 4.31 Å². The molecule has 0 spiro atoms. The van der Waals surface area contributed by atoms with E-state index in [9.17, 15) is 8.42 Å². The van der Waals surface area contributed by atoms with E-state index in [0.29, 0.717) is 26.1 Å². The predicted molar refractivity (Wildman–Crippen MR) is 79.5 cm³/mol. The van der Waals surface area contributed by atoms with E-state index in [1.54, 1.807) is 0 Å². The molecule has 21 heavy (non-hydrogen) atoms. The Labute approximate surface area is 129 Å². The first kappa shape index (κ1) is 16.5. The number of rotatable bonds is 6. The van der Waals surface area contributed by atoms with Crippen molar-refractivity contribution in [3.05, 3.63) is 28.6 Å². The summed E-state index contributed by atoms with van der Waals surface area (Å²) < 4.78 is 36.3. The number of aryl methyl sites for hydroxylation is 2. The molecule has 1 aromatic heterocycles. The molecule has 118 valence electrons. The van der Waals surface area contributed by atoms with Crippen molar-refractivity contribution in [2.24, 2.45) is 0 Å². The first-order valence-corrected chi connectivity index (χ1v) is 8.62. The second-order valence-electron chi connectivity index (χ2n) is 5.16. The first-order chi connectivity index (χ1) is 9.79. The van der Waals surface area contributed by atoms with Gasteiger partial charge in [-0.05, 0) is 20.3 Å². The highest BCUT2D eigenvalue weighted by molar-refractivity contribution is 7.89. The second-order valence-corrected chi connectivity index (χ2v) is 7.66. The van der Waals surface area contributed by atoms with Crippen molar-refractivity contribution >= 4 is 21.6 Å². The summed E-state index contributed by atoms with van der Waals surface area (Å²) in [5, 5.41) is 3.98. The highest BCUT2D eigenvalue weighted by atomic mass is 35.5. The van der Waals surface area contributed by atoms with Crippen molar-refractivity contribution in [2.75, 3.05) is 18.8 Å². The summed E-state index contributed by atoms with van der Waals surface area (Å²) in [7, 11) is -3.39. The highest BCUT2D eigenvalue weighted by Gasteiger charge is 2.32. The Morgan fingerprint density at radius 1 is 1.57 bits per heavy atom. The molecule has 0 aliphatic carbocycles. The minimum Gasteiger partial charge on any atom is -0.372 e. The molecule has 0 unspecified atom stereocenters. The molecular weight excluding hydrogens is 316 g/mol. The van der Waals surface area contributed by atoms with Crippen LogP contribution in [0.1, 0.15) is 23.4 Å². The fraction of sp³-hybridized carbons (Fsp3) is 0.615. The summed E-state index contributed by atoms with van der Waals surface area (Å²) in [5.74, 6) is 0.499. The Bertz CT molecular complexity index is 607. The van der Waals surface area contributed by atoms with Gasteiger partial charge in [0.1, 0.15) is 5.76 Å². The predicted octanol–water partition coefficient (Wildman–Crippen LogP) is 1.96. The number of hydrogen-bond donors (Lipinski definition) is 0. The van der Waals surface area contributed by atoms with E-state index >= 15 is 0 Å². The SMILES string of the molecule is C=C(Cl)CS(=O)(=O)N1CC[C@@H](OCc2c(C)noc2C)C1. The monoisotopic (exact) mass is 334 g/mol. The minimum atomic E-state index is -3.39. The van der Waals surface area contributed by atoms with Crippen LogP contribution in [0.2, 0.25) is 0 Å². The van der Waals surface area contributed by atoms with Crippen molar-refractivity contribution < 1.29 is 17.7 Å². The number of hydrogen-bond acceptors (Lipinski definition) is 5. The third-order valence-corrected chi connectivity index (χ3v) is 5.61. The van der Waals surface area contributed by atoms with Gasteiger partial charge in [0.05, 0.1) is 24.2 Å². The normalized spacial score (nSPS) is 20.0. The van der Waals surface area contributed by atoms with Crippen LogP contribution in [-0.4, -0.2) is 42.8 Å². The Balaban J connectivity index is 1.90. The minimum absolute atomic E-state index is 0.120. The number of halogens is 1. The van der Waals surface area contributed by atoms with Crippen LogP contribution in [0.5, 0.6) is 0 Å². The molecule has 1 aliphatic heterocycles. The fourth-order valence-corrected chi connectivity index (χ4v) is 4.05. The van der Waals surface area contributed by atoms with Gasteiger partial charge in [-0.15, -0.1) is 0 Å². The molecule has 0 N–H and O–H groups in total. The van der Waals surface area contributed by atoms with Crippen LogP contribution in [0.3, 0.4) is 0 Å². The lowest BCUT2D eigenvalue weighted by atomic mass is 10.2. The van der Waals surface area contributed by atoms with Crippen LogP contribution >= 0.6 is 11.6 Å². The molecule has 1 aromatic rings. The van der Waals surface area contributed by atoms with E-state index < -0.39 is 10.0 Å². The molecule has 1 fully saturated rings. The number of sulfonamides is 1. The van der Waals surface area contributed by atoms with Crippen molar-refractivity contribution in [2.45, 2.75) is 33.0 Å². The van der Waals surface area contributed by atoms with Crippen molar-refractivity contribution in [1.82, 2.24) is 9.46 Å². The van der Waals surface area contributed by atoms with E-state index in [-0.39, 0.29) is 16.9 Å². The summed E-state index contributed by atoms with van der Waals surface area (Å²) in [6.07, 6.45) is 0.536. The molecule has 1 saturated heterocycles. The third-order valence-electron chi connectivity index (χ3n) is 3.48. The van der Waals surface area contributed by atoms with Crippen molar-refractivity contribution in [3.63, 3.8) is 0 Å². The topological polar surface area (TPSA) is 72.6 Å². The molecule has 2 heterocycles. The van der Waals surface area contributed by atoms with Crippen molar-refractivity contribution in [3.8, 4) is 0 Å². The average molecular weight is 335 g/mol. The molecular formula is C13H19ClN2O4S. The van der Waals surface area contributed by atoms with E-state index in [0.717, 1.165) is 17.0 Å². The van der Waals surface area contributed by atoms with Gasteiger partial charge in [-0.25, -0.2) is 8.42 Å². The summed E-state index contributed by atoms with van der Waals surface area (Å²) in [4.78, 5) is 0. The maximum Gasteiger partial charge on any atom is 0.219 e. The van der Waals surface area contributed by atoms with Gasteiger partial charge in [-0.3, -0.25) is 0 Å². The van der Waals surface area contributed by atoms with E-state index in [2.05, 4.69) is 11.7 Å². The van der Waals surface area contributed by atoms with Gasteiger partial charge in [-0.1, -0.05) is 23.3 Å². The van der Waals surface area contributed by atoms with Gasteiger partial charge in [0.25, 0.3) is 0 Å². The standard InChI is InChI=1S/C13H19ClN2O4S/c1-9(14)8-21(17,18)16-5-4-12(6-16)19-7-13-10(2)15-20-11(13)3/h12H,1,4-8H2,2-3H3/t12-/m1/s1. The van der Waals surface area contributed by atoms with Crippen LogP contribution in [0.25, 0.3) is 0 Å². The summed E-state index contributed by atoms with van der Waals surface area (Å²) in [6.45, 7) is 8.28. The molecule has 0 bridgehead atoms. The molecule has 0 saturated carbocycles. The zero-order valence-corrected chi connectivity index (χ0v) is 13.7. The molecule has 8 heteroatoms. The lowest BCUT2D eigenvalue weighted by Crippen LogP contribution is -2.32. The molecule has 0 amide bonds. The molecule has 0 aromatic carbocycles. The van der Waals surface area contributed by atoms with Crippen LogP contribution < -0.4 is 0 Å². The molecule has 1 aliphatic rings. The van der Waals surface area contributed by atoms with E-state index in [1.807, 2.05) is 13.8 Å². The fourth-order valence-electron chi connectivity index (χ4n) is 2.28. The highest BCUT2D eigenvalue weighted by Crippen LogP contribution is 2.21. The van der Waals surface area contributed by atoms with Crippen LogP contribution in [0, 0.1) is 13.8 Å². The third kappa shape index (κ3) is 4.06. The average Bonchev–Trinajstić information content (AvgIpc) is 2.94. The number of ether oxygens (including phenoxy) is 1. The van der Waals surface area contributed by atoms with Crippen LogP contribution in [0.15, 0.2) is 16.1 Å². The van der Waals surface area contributed by atoms with Gasteiger partial charge < -0.3 is 9.26 Å². The maximum atomic E-state index is 12.0. The summed E-state index contributed by atoms with van der Waals surface area (Å²) in [6, 6.07) is 0. The van der Waals surface area contributed by atoms with Crippen LogP contribution in [0.4, 0.5) is 0 Å². The summed E-state index contributed by atoms with van der Waals surface area (Å²) >= 11 is 5.59. The molecule has 2 rings (SSSR count). The lowest BCUT2D eigenvalue weighted by Gasteiger charge is -2.16. The van der Waals surface area contributed by atoms with Crippen LogP contribution in [-0.2, 0) is 21.4 Å². The summed E-state index contributed by atoms with van der Waals surface area (Å²) in [5.41, 5.74) is 1.72. The quantitative estimate of drug-likeness (QED) is 0.795. The van der Waals surface area contributed by atoms with Crippen molar-refractivity contribution in [1.29, 1.82) is 0 Å². The lowest BCUT2D eigenvalue weighted by molar-refractivity contribution is 0.0500. The zero-order chi connectivity index (χ0) is 15.6. The second kappa shape index (κ2) is 6.48.